The molecular formula is C15H14F3NO3S. The molecule has 0 aliphatic rings. The molecule has 4 nitrogen and oxygen atoms in total. The van der Waals surface area contributed by atoms with Gasteiger partial charge in [0.05, 0.1) is 4.90 Å². The molecule has 0 amide bonds. The summed E-state index contributed by atoms with van der Waals surface area (Å²) in [6.07, 6.45) is -3.35. The number of ether oxygens (including phenoxy) is 1. The van der Waals surface area contributed by atoms with Gasteiger partial charge in [-0.05, 0) is 29.8 Å². The van der Waals surface area contributed by atoms with Crippen molar-refractivity contribution in [3.63, 3.8) is 0 Å². The SMILES string of the molecule is CS(=O)(=O)c1cccc(-c2ccc(OCC(F)(F)F)cc2N)c1. The quantitative estimate of drug-likeness (QED) is 0.864. The first kappa shape index (κ1) is 17.1. The van der Waals surface area contributed by atoms with Crippen LogP contribution in [0.2, 0.25) is 0 Å². The third kappa shape index (κ3) is 4.62. The summed E-state index contributed by atoms with van der Waals surface area (Å²) in [5.41, 5.74) is 7.09. The number of nitrogens with two attached hydrogens (primary N) is 1. The van der Waals surface area contributed by atoms with E-state index < -0.39 is 22.6 Å². The van der Waals surface area contributed by atoms with Crippen LogP contribution in [0, 0.1) is 0 Å². The lowest BCUT2D eigenvalue weighted by molar-refractivity contribution is -0.153. The normalized spacial score (nSPS) is 12.2. The van der Waals surface area contributed by atoms with Crippen LogP contribution >= 0.6 is 0 Å². The van der Waals surface area contributed by atoms with Crippen LogP contribution < -0.4 is 10.5 Å². The maximum absolute atomic E-state index is 12.1. The van der Waals surface area contributed by atoms with E-state index in [9.17, 15) is 21.6 Å². The molecule has 2 N–H and O–H groups in total. The Kier molecular flexibility index (Phi) is 4.56. The zero-order chi connectivity index (χ0) is 17.3. The van der Waals surface area contributed by atoms with Crippen LogP contribution in [0.4, 0.5) is 18.9 Å². The lowest BCUT2D eigenvalue weighted by Gasteiger charge is -2.12. The lowest BCUT2D eigenvalue weighted by atomic mass is 10.0. The highest BCUT2D eigenvalue weighted by Crippen LogP contribution is 2.31. The molecule has 0 fully saturated rings. The number of halogens is 3. The van der Waals surface area contributed by atoms with Crippen LogP contribution in [0.25, 0.3) is 11.1 Å². The minimum Gasteiger partial charge on any atom is -0.484 e. The summed E-state index contributed by atoms with van der Waals surface area (Å²) in [7, 11) is -3.37. The highest BCUT2D eigenvalue weighted by atomic mass is 32.2. The predicted octanol–water partition coefficient (Wildman–Crippen LogP) is 3.28. The number of sulfone groups is 1. The molecule has 0 spiro atoms. The van der Waals surface area contributed by atoms with Crippen LogP contribution in [0.15, 0.2) is 47.4 Å². The van der Waals surface area contributed by atoms with E-state index >= 15 is 0 Å². The van der Waals surface area contributed by atoms with Crippen molar-refractivity contribution < 1.29 is 26.3 Å². The molecule has 0 bridgehead atoms. The Labute approximate surface area is 131 Å². The fourth-order valence-electron chi connectivity index (χ4n) is 1.95. The molecule has 23 heavy (non-hydrogen) atoms. The van der Waals surface area contributed by atoms with E-state index in [0.29, 0.717) is 11.1 Å². The van der Waals surface area contributed by atoms with Crippen LogP contribution in [-0.4, -0.2) is 27.5 Å². The predicted molar refractivity (Wildman–Crippen MR) is 81.0 cm³/mol. The third-order valence-electron chi connectivity index (χ3n) is 3.00. The van der Waals surface area contributed by atoms with Crippen molar-refractivity contribution >= 4 is 15.5 Å². The van der Waals surface area contributed by atoms with Crippen molar-refractivity contribution in [2.75, 3.05) is 18.6 Å². The number of rotatable bonds is 4. The highest BCUT2D eigenvalue weighted by Gasteiger charge is 2.28. The summed E-state index contributed by atoms with van der Waals surface area (Å²) in [5, 5.41) is 0. The first-order chi connectivity index (χ1) is 10.6. The molecule has 0 radical (unpaired) electrons. The molecule has 0 saturated carbocycles. The smallest absolute Gasteiger partial charge is 0.422 e. The first-order valence-corrected chi connectivity index (χ1v) is 8.35. The monoisotopic (exact) mass is 345 g/mol. The summed E-state index contributed by atoms with van der Waals surface area (Å²) in [6.45, 7) is -1.41. The Morgan fingerprint density at radius 3 is 2.39 bits per heavy atom. The van der Waals surface area contributed by atoms with Crippen LogP contribution in [-0.2, 0) is 9.84 Å². The minimum atomic E-state index is -4.43. The van der Waals surface area contributed by atoms with E-state index in [4.69, 9.17) is 5.73 Å². The fourth-order valence-corrected chi connectivity index (χ4v) is 2.62. The third-order valence-corrected chi connectivity index (χ3v) is 4.11. The van der Waals surface area contributed by atoms with Gasteiger partial charge >= 0.3 is 6.18 Å². The van der Waals surface area contributed by atoms with Crippen molar-refractivity contribution in [1.29, 1.82) is 0 Å². The van der Waals surface area contributed by atoms with E-state index in [0.717, 1.165) is 6.26 Å². The second-order valence-electron chi connectivity index (χ2n) is 4.95. The zero-order valence-corrected chi connectivity index (χ0v) is 12.9. The average Bonchev–Trinajstić information content (AvgIpc) is 2.44. The second kappa shape index (κ2) is 6.11. The number of alkyl halides is 3. The summed E-state index contributed by atoms with van der Waals surface area (Å²) < 4.78 is 64.2. The van der Waals surface area contributed by atoms with Gasteiger partial charge in [-0.3, -0.25) is 0 Å². The molecular weight excluding hydrogens is 331 g/mol. The van der Waals surface area contributed by atoms with Gasteiger partial charge in [0.15, 0.2) is 16.4 Å². The summed E-state index contributed by atoms with van der Waals surface area (Å²) >= 11 is 0. The molecule has 2 rings (SSSR count). The molecule has 0 aromatic heterocycles. The van der Waals surface area contributed by atoms with Crippen LogP contribution in [0.1, 0.15) is 0 Å². The van der Waals surface area contributed by atoms with Crippen molar-refractivity contribution in [1.82, 2.24) is 0 Å². The van der Waals surface area contributed by atoms with Gasteiger partial charge in [-0.15, -0.1) is 0 Å². The largest absolute Gasteiger partial charge is 0.484 e. The molecule has 0 aliphatic carbocycles. The molecule has 2 aromatic rings. The van der Waals surface area contributed by atoms with Crippen molar-refractivity contribution in [3.8, 4) is 16.9 Å². The lowest BCUT2D eigenvalue weighted by Crippen LogP contribution is -2.19. The van der Waals surface area contributed by atoms with Gasteiger partial charge in [0.2, 0.25) is 0 Å². The van der Waals surface area contributed by atoms with Gasteiger partial charge in [0.25, 0.3) is 0 Å². The topological polar surface area (TPSA) is 69.4 Å². The molecule has 0 saturated heterocycles. The highest BCUT2D eigenvalue weighted by molar-refractivity contribution is 7.90. The number of hydrogen-bond acceptors (Lipinski definition) is 4. The number of hydrogen-bond donors (Lipinski definition) is 1. The van der Waals surface area contributed by atoms with Gasteiger partial charge in [-0.25, -0.2) is 8.42 Å². The molecule has 124 valence electrons. The van der Waals surface area contributed by atoms with E-state index in [1.807, 2.05) is 0 Å². The Morgan fingerprint density at radius 1 is 1.13 bits per heavy atom. The number of benzene rings is 2. The van der Waals surface area contributed by atoms with E-state index in [2.05, 4.69) is 4.74 Å². The van der Waals surface area contributed by atoms with Gasteiger partial charge in [0.1, 0.15) is 5.75 Å². The molecule has 0 heterocycles. The van der Waals surface area contributed by atoms with E-state index in [1.165, 1.54) is 30.3 Å². The maximum atomic E-state index is 12.1. The van der Waals surface area contributed by atoms with Gasteiger partial charge in [-0.2, -0.15) is 13.2 Å². The van der Waals surface area contributed by atoms with E-state index in [-0.39, 0.29) is 16.3 Å². The average molecular weight is 345 g/mol. The van der Waals surface area contributed by atoms with Crippen molar-refractivity contribution in [3.05, 3.63) is 42.5 Å². The van der Waals surface area contributed by atoms with Crippen molar-refractivity contribution in [2.45, 2.75) is 11.1 Å². The molecule has 8 heteroatoms. The summed E-state index contributed by atoms with van der Waals surface area (Å²) in [6, 6.07) is 10.3. The zero-order valence-electron chi connectivity index (χ0n) is 12.1. The first-order valence-electron chi connectivity index (χ1n) is 6.46. The van der Waals surface area contributed by atoms with Gasteiger partial charge < -0.3 is 10.5 Å². The van der Waals surface area contributed by atoms with Crippen LogP contribution in [0.5, 0.6) is 5.75 Å². The van der Waals surface area contributed by atoms with Gasteiger partial charge in [-0.1, -0.05) is 12.1 Å². The number of nitrogen functional groups attached to an aromatic ring is 1. The van der Waals surface area contributed by atoms with E-state index in [1.54, 1.807) is 12.1 Å². The molecule has 0 aliphatic heterocycles. The summed E-state index contributed by atoms with van der Waals surface area (Å²) in [5.74, 6) is -0.0113. The molecule has 0 unspecified atom stereocenters. The second-order valence-corrected chi connectivity index (χ2v) is 6.97. The van der Waals surface area contributed by atoms with Gasteiger partial charge in [0, 0.05) is 23.6 Å². The maximum Gasteiger partial charge on any atom is 0.422 e. The fraction of sp³-hybridized carbons (Fsp3) is 0.200. The van der Waals surface area contributed by atoms with Crippen molar-refractivity contribution in [2.24, 2.45) is 0 Å². The standard InChI is InChI=1S/C15H14F3NO3S/c1-23(20,21)12-4-2-3-10(7-12)13-6-5-11(8-14(13)19)22-9-15(16,17)18/h2-8H,9,19H2,1H3. The van der Waals surface area contributed by atoms with Crippen LogP contribution in [0.3, 0.4) is 0 Å². The summed E-state index contributed by atoms with van der Waals surface area (Å²) in [4.78, 5) is 0.131. The molecule has 0 atom stereocenters. The Balaban J connectivity index is 2.31. The Bertz CT molecular complexity index is 817. The Hall–Kier alpha value is -2.22. The molecule has 2 aromatic carbocycles. The Morgan fingerprint density at radius 2 is 1.83 bits per heavy atom. The number of anilines is 1. The minimum absolute atomic E-state index is 0.0113.